The molecule has 1 aromatic heterocycles. The lowest BCUT2D eigenvalue weighted by atomic mass is 10.2. The third-order valence-corrected chi connectivity index (χ3v) is 3.25. The third kappa shape index (κ3) is 2.42. The molecule has 0 aliphatic heterocycles. The average Bonchev–Trinajstić information content (AvgIpc) is 3.15. The third-order valence-electron chi connectivity index (χ3n) is 3.25. The second-order valence-electron chi connectivity index (χ2n) is 4.65. The fourth-order valence-corrected chi connectivity index (χ4v) is 2.12. The number of benzene rings is 1. The van der Waals surface area contributed by atoms with Crippen molar-refractivity contribution in [1.29, 1.82) is 0 Å². The minimum absolute atomic E-state index is 0.0972. The largest absolute Gasteiger partial charge is 0.374 e. The summed E-state index contributed by atoms with van der Waals surface area (Å²) in [7, 11) is 0. The second kappa shape index (κ2) is 4.72. The van der Waals surface area contributed by atoms with Crippen LogP contribution in [0.1, 0.15) is 24.6 Å². The Morgan fingerprint density at radius 1 is 1.42 bits per heavy atom. The lowest BCUT2D eigenvalue weighted by molar-refractivity contribution is -0.384. The first-order valence-electron chi connectivity index (χ1n) is 6.23. The smallest absolute Gasteiger partial charge is 0.292 e. The monoisotopic (exact) mass is 258 g/mol. The maximum atomic E-state index is 10.9. The van der Waals surface area contributed by atoms with Crippen molar-refractivity contribution in [2.24, 2.45) is 0 Å². The van der Waals surface area contributed by atoms with Gasteiger partial charge in [-0.1, -0.05) is 12.1 Å². The highest BCUT2D eigenvalue weighted by atomic mass is 16.6. The summed E-state index contributed by atoms with van der Waals surface area (Å²) < 4.78 is 2.14. The topological polar surface area (TPSA) is 73.0 Å². The molecule has 0 bridgehead atoms. The molecule has 6 nitrogen and oxygen atoms in total. The zero-order chi connectivity index (χ0) is 13.2. The number of aromatic nitrogens is 2. The first kappa shape index (κ1) is 11.7. The summed E-state index contributed by atoms with van der Waals surface area (Å²) >= 11 is 0. The van der Waals surface area contributed by atoms with E-state index in [4.69, 9.17) is 0 Å². The van der Waals surface area contributed by atoms with Crippen LogP contribution in [0.5, 0.6) is 0 Å². The number of imidazole rings is 1. The van der Waals surface area contributed by atoms with E-state index in [1.807, 2.05) is 6.33 Å². The highest BCUT2D eigenvalue weighted by molar-refractivity contribution is 5.61. The van der Waals surface area contributed by atoms with Crippen LogP contribution in [-0.4, -0.2) is 14.5 Å². The Morgan fingerprint density at radius 3 is 2.95 bits per heavy atom. The van der Waals surface area contributed by atoms with Gasteiger partial charge >= 0.3 is 0 Å². The van der Waals surface area contributed by atoms with E-state index < -0.39 is 0 Å². The summed E-state index contributed by atoms with van der Waals surface area (Å²) in [6, 6.07) is 7.23. The van der Waals surface area contributed by atoms with Crippen molar-refractivity contribution < 1.29 is 4.92 Å². The van der Waals surface area contributed by atoms with Crippen LogP contribution in [-0.2, 0) is 6.54 Å². The number of nitrogens with zero attached hydrogens (tertiary/aromatic N) is 3. The lowest BCUT2D eigenvalue weighted by Crippen LogP contribution is -2.07. The van der Waals surface area contributed by atoms with Gasteiger partial charge in [0.2, 0.25) is 0 Å². The summed E-state index contributed by atoms with van der Waals surface area (Å²) in [5.74, 6) is 0. The van der Waals surface area contributed by atoms with Gasteiger partial charge in [-0.3, -0.25) is 10.1 Å². The Balaban J connectivity index is 1.75. The first-order valence-corrected chi connectivity index (χ1v) is 6.23. The zero-order valence-electron chi connectivity index (χ0n) is 10.3. The number of nitro benzene ring substituents is 1. The number of rotatable bonds is 5. The second-order valence-corrected chi connectivity index (χ2v) is 4.65. The van der Waals surface area contributed by atoms with Gasteiger partial charge in [0.15, 0.2) is 0 Å². The van der Waals surface area contributed by atoms with Crippen LogP contribution in [0, 0.1) is 10.1 Å². The van der Waals surface area contributed by atoms with Crippen LogP contribution in [0.4, 0.5) is 11.4 Å². The van der Waals surface area contributed by atoms with Gasteiger partial charge in [-0.05, 0) is 18.9 Å². The first-order chi connectivity index (χ1) is 9.25. The molecule has 1 aliphatic rings. The molecule has 3 rings (SSSR count). The molecular formula is C13H14N4O2. The molecule has 0 spiro atoms. The molecule has 0 unspecified atom stereocenters. The summed E-state index contributed by atoms with van der Waals surface area (Å²) in [6.07, 6.45) is 6.01. The molecule has 1 heterocycles. The maximum Gasteiger partial charge on any atom is 0.292 e. The molecule has 1 N–H and O–H groups in total. The van der Waals surface area contributed by atoms with Crippen molar-refractivity contribution in [2.45, 2.75) is 25.4 Å². The predicted molar refractivity (Wildman–Crippen MR) is 70.9 cm³/mol. The zero-order valence-corrected chi connectivity index (χ0v) is 10.3. The van der Waals surface area contributed by atoms with Gasteiger partial charge in [0.25, 0.3) is 5.69 Å². The summed E-state index contributed by atoms with van der Waals surface area (Å²) in [5, 5.41) is 14.0. The van der Waals surface area contributed by atoms with Crippen molar-refractivity contribution in [3.63, 3.8) is 0 Å². The maximum absolute atomic E-state index is 10.9. The molecule has 1 fully saturated rings. The normalized spacial score (nSPS) is 14.3. The Labute approximate surface area is 110 Å². The van der Waals surface area contributed by atoms with E-state index in [1.54, 1.807) is 24.4 Å². The lowest BCUT2D eigenvalue weighted by Gasteiger charge is -2.09. The SMILES string of the molecule is O=[N+]([O-])c1ccccc1NCc1cncn1C1CC1. The van der Waals surface area contributed by atoms with Gasteiger partial charge < -0.3 is 9.88 Å². The molecule has 0 radical (unpaired) electrons. The number of nitro groups is 1. The van der Waals surface area contributed by atoms with E-state index >= 15 is 0 Å². The number of anilines is 1. The predicted octanol–water partition coefficient (Wildman–Crippen LogP) is 2.74. The molecule has 1 aliphatic carbocycles. The van der Waals surface area contributed by atoms with Crippen LogP contribution < -0.4 is 5.32 Å². The number of hydrogen-bond donors (Lipinski definition) is 1. The van der Waals surface area contributed by atoms with E-state index in [0.717, 1.165) is 5.69 Å². The number of hydrogen-bond acceptors (Lipinski definition) is 4. The Kier molecular flexibility index (Phi) is 2.91. The van der Waals surface area contributed by atoms with E-state index in [-0.39, 0.29) is 10.6 Å². The van der Waals surface area contributed by atoms with Crippen molar-refractivity contribution in [1.82, 2.24) is 9.55 Å². The van der Waals surface area contributed by atoms with Gasteiger partial charge in [0.05, 0.1) is 23.5 Å². The van der Waals surface area contributed by atoms with E-state index in [9.17, 15) is 10.1 Å². The number of para-hydroxylation sites is 2. The van der Waals surface area contributed by atoms with Gasteiger partial charge in [0, 0.05) is 18.3 Å². The molecule has 98 valence electrons. The van der Waals surface area contributed by atoms with Crippen molar-refractivity contribution >= 4 is 11.4 Å². The van der Waals surface area contributed by atoms with E-state index in [0.29, 0.717) is 18.3 Å². The molecule has 0 atom stereocenters. The average molecular weight is 258 g/mol. The fourth-order valence-electron chi connectivity index (χ4n) is 2.12. The van der Waals surface area contributed by atoms with Crippen LogP contribution >= 0.6 is 0 Å². The molecule has 6 heteroatoms. The molecule has 1 saturated carbocycles. The molecule has 19 heavy (non-hydrogen) atoms. The van der Waals surface area contributed by atoms with E-state index in [1.165, 1.54) is 18.9 Å². The molecular weight excluding hydrogens is 244 g/mol. The van der Waals surface area contributed by atoms with Crippen molar-refractivity contribution in [3.05, 3.63) is 52.6 Å². The summed E-state index contributed by atoms with van der Waals surface area (Å²) in [5.41, 5.74) is 1.69. The highest BCUT2D eigenvalue weighted by Crippen LogP contribution is 2.35. The summed E-state index contributed by atoms with van der Waals surface area (Å²) in [4.78, 5) is 14.7. The molecule has 0 amide bonds. The van der Waals surface area contributed by atoms with Crippen LogP contribution in [0.15, 0.2) is 36.8 Å². The molecule has 1 aromatic carbocycles. The highest BCUT2D eigenvalue weighted by Gasteiger charge is 2.25. The van der Waals surface area contributed by atoms with Crippen LogP contribution in [0.2, 0.25) is 0 Å². The minimum Gasteiger partial charge on any atom is -0.374 e. The van der Waals surface area contributed by atoms with Crippen LogP contribution in [0.25, 0.3) is 0 Å². The fraction of sp³-hybridized carbons (Fsp3) is 0.308. The Morgan fingerprint density at radius 2 is 2.21 bits per heavy atom. The molecule has 0 saturated heterocycles. The standard InChI is InChI=1S/C13H14N4O2/c18-17(19)13-4-2-1-3-12(13)15-8-11-7-14-9-16(11)10-5-6-10/h1-4,7,9-10,15H,5-6,8H2. The van der Waals surface area contributed by atoms with Crippen LogP contribution in [0.3, 0.4) is 0 Å². The van der Waals surface area contributed by atoms with Gasteiger partial charge in [-0.25, -0.2) is 4.98 Å². The van der Waals surface area contributed by atoms with Gasteiger partial charge in [-0.15, -0.1) is 0 Å². The van der Waals surface area contributed by atoms with Gasteiger partial charge in [-0.2, -0.15) is 0 Å². The minimum atomic E-state index is -0.374. The van der Waals surface area contributed by atoms with Gasteiger partial charge in [0.1, 0.15) is 5.69 Å². The Bertz CT molecular complexity index is 604. The van der Waals surface area contributed by atoms with E-state index in [2.05, 4.69) is 14.9 Å². The number of nitrogens with one attached hydrogen (secondary N) is 1. The van der Waals surface area contributed by atoms with Crippen molar-refractivity contribution in [3.8, 4) is 0 Å². The molecule has 2 aromatic rings. The van der Waals surface area contributed by atoms with Crippen molar-refractivity contribution in [2.75, 3.05) is 5.32 Å². The summed E-state index contributed by atoms with van der Waals surface area (Å²) in [6.45, 7) is 0.543. The Hall–Kier alpha value is -2.37. The quantitative estimate of drug-likeness (QED) is 0.661.